The molecule has 6 saturated carbocycles. The maximum absolute atomic E-state index is 11.8. The van der Waals surface area contributed by atoms with Crippen molar-refractivity contribution in [2.45, 2.75) is 88.9 Å². The van der Waals surface area contributed by atoms with Gasteiger partial charge in [-0.2, -0.15) is 5.26 Å². The van der Waals surface area contributed by atoms with E-state index >= 15 is 0 Å². The van der Waals surface area contributed by atoms with E-state index in [9.17, 15) is 15.3 Å². The van der Waals surface area contributed by atoms with E-state index in [4.69, 9.17) is 5.26 Å². The normalized spacial score (nSPS) is 65.9. The maximum Gasteiger partial charge on any atom is 0.0759 e. The minimum atomic E-state index is -0.692. The third-order valence-corrected chi connectivity index (χ3v) is 11.4. The molecule has 4 heteroatoms. The van der Waals surface area contributed by atoms with Crippen LogP contribution in [0.3, 0.4) is 0 Å². The summed E-state index contributed by atoms with van der Waals surface area (Å²) in [7, 11) is 0. The lowest BCUT2D eigenvalue weighted by Gasteiger charge is -2.64. The molecule has 0 aromatic carbocycles. The van der Waals surface area contributed by atoms with Crippen LogP contribution in [0.2, 0.25) is 0 Å². The van der Waals surface area contributed by atoms with Crippen LogP contribution in [-0.4, -0.2) is 32.6 Å². The van der Waals surface area contributed by atoms with Gasteiger partial charge in [0.2, 0.25) is 0 Å². The Morgan fingerprint density at radius 3 is 2.43 bits per heavy atom. The lowest BCUT2D eigenvalue weighted by molar-refractivity contribution is -0.237. The van der Waals surface area contributed by atoms with Gasteiger partial charge in [-0.15, -0.1) is 0 Å². The van der Waals surface area contributed by atoms with Gasteiger partial charge in [0.1, 0.15) is 0 Å². The summed E-state index contributed by atoms with van der Waals surface area (Å²) >= 11 is 0. The smallest absolute Gasteiger partial charge is 0.0759 e. The van der Waals surface area contributed by atoms with Crippen molar-refractivity contribution in [3.63, 3.8) is 0 Å². The van der Waals surface area contributed by atoms with Gasteiger partial charge in [0, 0.05) is 18.3 Å². The lowest BCUT2D eigenvalue weighted by atomic mass is 9.42. The molecule has 0 aliphatic heterocycles. The third-order valence-electron chi connectivity index (χ3n) is 11.4. The summed E-state index contributed by atoms with van der Waals surface area (Å²) in [6.45, 7) is 4.66. The highest BCUT2D eigenvalue weighted by Gasteiger charge is 2.81. The maximum atomic E-state index is 11.8. The zero-order valence-corrected chi connectivity index (χ0v) is 17.3. The molecule has 0 heterocycles. The number of nitrogens with zero attached hydrogens (tertiary/aromatic N) is 1. The monoisotopic (exact) mass is 385 g/mol. The second-order valence-corrected chi connectivity index (χ2v) is 12.0. The number of nitriles is 1. The number of fused-ring (bicyclic) bond motifs is 10. The summed E-state index contributed by atoms with van der Waals surface area (Å²) in [5, 5.41) is 43.1. The number of hydrogen-bond acceptors (Lipinski definition) is 4. The van der Waals surface area contributed by atoms with E-state index in [1.807, 2.05) is 0 Å². The van der Waals surface area contributed by atoms with Crippen LogP contribution in [0.4, 0.5) is 0 Å². The number of aliphatic hydroxyl groups excluding tert-OH is 1. The second kappa shape index (κ2) is 5.16. The van der Waals surface area contributed by atoms with E-state index in [1.54, 1.807) is 0 Å². The van der Waals surface area contributed by atoms with Crippen molar-refractivity contribution < 1.29 is 15.3 Å². The largest absolute Gasteiger partial charge is 0.393 e. The molecule has 6 aliphatic rings. The van der Waals surface area contributed by atoms with E-state index in [1.165, 1.54) is 0 Å². The Labute approximate surface area is 168 Å². The molecule has 0 spiro atoms. The molecule has 0 bridgehead atoms. The first-order valence-corrected chi connectivity index (χ1v) is 11.7. The highest BCUT2D eigenvalue weighted by Crippen LogP contribution is 2.82. The predicted molar refractivity (Wildman–Crippen MR) is 104 cm³/mol. The average molecular weight is 386 g/mol. The first-order valence-electron chi connectivity index (χ1n) is 11.7. The van der Waals surface area contributed by atoms with Gasteiger partial charge < -0.3 is 15.3 Å². The summed E-state index contributed by atoms with van der Waals surface area (Å²) in [6.07, 6.45) is 7.43. The fourth-order valence-corrected chi connectivity index (χ4v) is 10.0. The minimum Gasteiger partial charge on any atom is -0.393 e. The first-order chi connectivity index (χ1) is 13.2. The molecular formula is C24H35NO3. The van der Waals surface area contributed by atoms with Crippen LogP contribution in [0.5, 0.6) is 0 Å². The third kappa shape index (κ3) is 1.80. The Hall–Kier alpha value is -0.630. The molecule has 3 N–H and O–H groups in total. The van der Waals surface area contributed by atoms with Crippen LogP contribution in [0.25, 0.3) is 0 Å². The molecular weight excluding hydrogens is 350 g/mol. The lowest BCUT2D eigenvalue weighted by Crippen LogP contribution is -2.65. The Balaban J connectivity index is 1.39. The van der Waals surface area contributed by atoms with Gasteiger partial charge in [-0.1, -0.05) is 13.8 Å². The minimum absolute atomic E-state index is 0.0638. The number of aliphatic hydroxyl groups is 3. The quantitative estimate of drug-likeness (QED) is 0.681. The van der Waals surface area contributed by atoms with Crippen molar-refractivity contribution in [3.8, 4) is 6.07 Å². The summed E-state index contributed by atoms with van der Waals surface area (Å²) in [5.41, 5.74) is -1.51. The Bertz CT molecular complexity index is 763. The molecule has 0 aromatic heterocycles. The summed E-state index contributed by atoms with van der Waals surface area (Å²) in [5.74, 6) is 3.66. The van der Waals surface area contributed by atoms with E-state index < -0.39 is 11.2 Å². The van der Waals surface area contributed by atoms with Gasteiger partial charge in [0.25, 0.3) is 0 Å². The zero-order valence-electron chi connectivity index (χ0n) is 17.3. The van der Waals surface area contributed by atoms with E-state index in [2.05, 4.69) is 19.9 Å². The molecule has 12 atom stereocenters. The molecule has 6 unspecified atom stereocenters. The van der Waals surface area contributed by atoms with Crippen LogP contribution in [0.1, 0.15) is 71.6 Å². The van der Waals surface area contributed by atoms with Crippen molar-refractivity contribution in [1.29, 1.82) is 5.26 Å². The van der Waals surface area contributed by atoms with Gasteiger partial charge >= 0.3 is 0 Å². The molecule has 0 amide bonds. The van der Waals surface area contributed by atoms with E-state index in [-0.39, 0.29) is 16.9 Å². The Morgan fingerprint density at radius 2 is 1.68 bits per heavy atom. The topological polar surface area (TPSA) is 84.5 Å². The highest BCUT2D eigenvalue weighted by molar-refractivity contribution is 5.29. The second-order valence-electron chi connectivity index (χ2n) is 12.0. The fourth-order valence-electron chi connectivity index (χ4n) is 10.0. The van der Waals surface area contributed by atoms with Crippen LogP contribution >= 0.6 is 0 Å². The standard InChI is InChI=1S/C24H35NO3/c1-21-7-4-13(26)12-24(21,28)17-10-14(17)19-16(21)5-8-22(2)20(19)15-11-18(15)23(22,27)6-3-9-25/h13-20,26-28H,3-8,10-12H2,1-2H3/t13-,14-,15?,16?,17?,18?,19?,20?,21+,22-,23-,24+/m0/s1. The van der Waals surface area contributed by atoms with E-state index in [0.717, 1.165) is 38.5 Å². The number of hydrogen-bond donors (Lipinski definition) is 3. The van der Waals surface area contributed by atoms with Crippen LogP contribution in [0, 0.1) is 63.6 Å². The van der Waals surface area contributed by atoms with Crippen LogP contribution in [-0.2, 0) is 0 Å². The summed E-state index contributed by atoms with van der Waals surface area (Å²) < 4.78 is 0. The van der Waals surface area contributed by atoms with Crippen molar-refractivity contribution in [2.24, 2.45) is 52.3 Å². The molecule has 6 aliphatic carbocycles. The van der Waals surface area contributed by atoms with Gasteiger partial charge in [0.15, 0.2) is 0 Å². The van der Waals surface area contributed by atoms with Gasteiger partial charge in [-0.3, -0.25) is 0 Å². The van der Waals surface area contributed by atoms with Crippen molar-refractivity contribution in [1.82, 2.24) is 0 Å². The SMILES string of the molecule is C[C@]12CCC3C(C1C1CC1[C@@]2(O)CCC#N)[C@H]1CC1[C@]1(O)C[C@@H](O)CC[C@]31C. The van der Waals surface area contributed by atoms with Gasteiger partial charge in [-0.05, 0) is 91.8 Å². The molecule has 6 rings (SSSR count). The predicted octanol–water partition coefficient (Wildman–Crippen LogP) is 3.25. The molecule has 6 fully saturated rings. The van der Waals surface area contributed by atoms with Crippen molar-refractivity contribution >= 4 is 0 Å². The first kappa shape index (κ1) is 18.2. The zero-order chi connectivity index (χ0) is 19.7. The molecule has 154 valence electrons. The van der Waals surface area contributed by atoms with Gasteiger partial charge in [-0.25, -0.2) is 0 Å². The van der Waals surface area contributed by atoms with Gasteiger partial charge in [0.05, 0.1) is 23.4 Å². The Morgan fingerprint density at radius 1 is 0.964 bits per heavy atom. The fraction of sp³-hybridized carbons (Fsp3) is 0.958. The molecule has 0 saturated heterocycles. The van der Waals surface area contributed by atoms with Crippen LogP contribution < -0.4 is 0 Å². The van der Waals surface area contributed by atoms with Crippen molar-refractivity contribution in [2.75, 3.05) is 0 Å². The molecule has 4 nitrogen and oxygen atoms in total. The van der Waals surface area contributed by atoms with E-state index in [0.29, 0.717) is 60.7 Å². The van der Waals surface area contributed by atoms with Crippen LogP contribution in [0.15, 0.2) is 0 Å². The van der Waals surface area contributed by atoms with Crippen molar-refractivity contribution in [3.05, 3.63) is 0 Å². The molecule has 0 aromatic rings. The number of rotatable bonds is 2. The molecule has 28 heavy (non-hydrogen) atoms. The highest BCUT2D eigenvalue weighted by atomic mass is 16.3. The Kier molecular flexibility index (Phi) is 3.35. The average Bonchev–Trinajstić information content (AvgIpc) is 3.54. The molecule has 0 radical (unpaired) electrons. The summed E-state index contributed by atoms with van der Waals surface area (Å²) in [4.78, 5) is 0. The summed E-state index contributed by atoms with van der Waals surface area (Å²) in [6, 6.07) is 2.28.